The lowest BCUT2D eigenvalue weighted by Gasteiger charge is -2.26. The molecule has 2 rings (SSSR count). The molecule has 1 amide bonds. The molecule has 5 heteroatoms. The average Bonchev–Trinajstić information content (AvgIpc) is 2.60. The largest absolute Gasteiger partial charge is 0.494 e. The van der Waals surface area contributed by atoms with Crippen LogP contribution in [0, 0.1) is 6.92 Å². The smallest absolute Gasteiger partial charge is 0.303 e. The van der Waals surface area contributed by atoms with Crippen molar-refractivity contribution in [3.8, 4) is 5.75 Å². The van der Waals surface area contributed by atoms with Gasteiger partial charge in [-0.1, -0.05) is 24.3 Å². The summed E-state index contributed by atoms with van der Waals surface area (Å²) in [6, 6.07) is 14.9. The Labute approximate surface area is 154 Å². The van der Waals surface area contributed by atoms with Gasteiger partial charge in [0, 0.05) is 12.1 Å². The minimum atomic E-state index is -0.831. The van der Waals surface area contributed by atoms with Crippen molar-refractivity contribution in [1.29, 1.82) is 0 Å². The molecule has 2 N–H and O–H groups in total. The van der Waals surface area contributed by atoms with E-state index in [1.54, 1.807) is 24.3 Å². The van der Waals surface area contributed by atoms with Crippen molar-refractivity contribution >= 4 is 17.6 Å². The molecule has 0 unspecified atom stereocenters. The molecule has 0 aromatic heterocycles. The van der Waals surface area contributed by atoms with Gasteiger partial charge in [0.1, 0.15) is 5.75 Å². The Bertz CT molecular complexity index is 766. The highest BCUT2D eigenvalue weighted by Crippen LogP contribution is 2.28. The summed E-state index contributed by atoms with van der Waals surface area (Å²) in [6.07, 6.45) is 0.542. The Hall–Kier alpha value is -2.82. The van der Waals surface area contributed by atoms with Crippen LogP contribution in [0.25, 0.3) is 0 Å². The molecule has 0 aliphatic carbocycles. The Balaban J connectivity index is 1.96. The molecule has 0 heterocycles. The highest BCUT2D eigenvalue weighted by molar-refractivity contribution is 5.98. The summed E-state index contributed by atoms with van der Waals surface area (Å²) >= 11 is 0. The Morgan fingerprint density at radius 3 is 2.35 bits per heavy atom. The molecule has 0 saturated heterocycles. The highest BCUT2D eigenvalue weighted by Gasteiger charge is 2.31. The minimum Gasteiger partial charge on any atom is -0.494 e. The fourth-order valence-corrected chi connectivity index (χ4v) is 2.73. The van der Waals surface area contributed by atoms with E-state index in [-0.39, 0.29) is 12.3 Å². The summed E-state index contributed by atoms with van der Waals surface area (Å²) in [5.74, 6) is -0.267. The molecule has 138 valence electrons. The summed E-state index contributed by atoms with van der Waals surface area (Å²) in [5, 5.41) is 11.5. The van der Waals surface area contributed by atoms with E-state index in [9.17, 15) is 9.59 Å². The third-order valence-electron chi connectivity index (χ3n) is 4.30. The van der Waals surface area contributed by atoms with Crippen molar-refractivity contribution in [1.82, 2.24) is 0 Å². The van der Waals surface area contributed by atoms with Gasteiger partial charge in [0.15, 0.2) is 0 Å². The maximum absolute atomic E-state index is 12.7. The Morgan fingerprint density at radius 1 is 1.08 bits per heavy atom. The minimum absolute atomic E-state index is 0.0815. The van der Waals surface area contributed by atoms with Crippen LogP contribution in [0.1, 0.15) is 37.8 Å². The quantitative estimate of drug-likeness (QED) is 0.697. The number of carbonyl (C=O) groups excluding carboxylic acids is 1. The number of anilines is 1. The maximum Gasteiger partial charge on any atom is 0.303 e. The second-order valence-electron chi connectivity index (χ2n) is 6.76. The number of nitrogens with one attached hydrogen (secondary N) is 1. The van der Waals surface area contributed by atoms with Crippen LogP contribution in [0.3, 0.4) is 0 Å². The van der Waals surface area contributed by atoms with Crippen LogP contribution < -0.4 is 10.1 Å². The maximum atomic E-state index is 12.7. The number of aryl methyl sites for hydroxylation is 1. The van der Waals surface area contributed by atoms with Crippen molar-refractivity contribution in [2.24, 2.45) is 0 Å². The van der Waals surface area contributed by atoms with E-state index >= 15 is 0 Å². The predicted molar refractivity (Wildman–Crippen MR) is 102 cm³/mol. The van der Waals surface area contributed by atoms with E-state index in [0.717, 1.165) is 11.1 Å². The molecule has 0 aliphatic heterocycles. The van der Waals surface area contributed by atoms with E-state index < -0.39 is 11.4 Å². The number of carboxylic acid groups (broad SMARTS) is 1. The number of benzene rings is 2. The SMILES string of the molecule is Cc1ccccc1C(C)(C)C(=O)Nc1ccc(OCCCC(=O)O)cc1. The zero-order chi connectivity index (χ0) is 19.2. The van der Waals surface area contributed by atoms with Gasteiger partial charge in [0.05, 0.1) is 12.0 Å². The van der Waals surface area contributed by atoms with Crippen LogP contribution in [-0.2, 0) is 15.0 Å². The van der Waals surface area contributed by atoms with Crippen molar-refractivity contribution in [2.45, 2.75) is 39.0 Å². The molecule has 0 saturated carbocycles. The van der Waals surface area contributed by atoms with Crippen LogP contribution >= 0.6 is 0 Å². The first-order chi connectivity index (χ1) is 12.3. The summed E-state index contributed by atoms with van der Waals surface area (Å²) in [4.78, 5) is 23.2. The molecule has 5 nitrogen and oxygen atoms in total. The number of rotatable bonds is 8. The monoisotopic (exact) mass is 355 g/mol. The fourth-order valence-electron chi connectivity index (χ4n) is 2.73. The summed E-state index contributed by atoms with van der Waals surface area (Å²) in [6.45, 7) is 6.16. The van der Waals surface area contributed by atoms with E-state index in [0.29, 0.717) is 24.5 Å². The van der Waals surface area contributed by atoms with Gasteiger partial charge < -0.3 is 15.2 Å². The first kappa shape index (κ1) is 19.5. The second-order valence-corrected chi connectivity index (χ2v) is 6.76. The van der Waals surface area contributed by atoms with Gasteiger partial charge in [-0.3, -0.25) is 9.59 Å². The van der Waals surface area contributed by atoms with Crippen molar-refractivity contribution in [2.75, 3.05) is 11.9 Å². The number of amides is 1. The molecule has 0 fully saturated rings. The third kappa shape index (κ3) is 5.09. The lowest BCUT2D eigenvalue weighted by atomic mass is 9.81. The van der Waals surface area contributed by atoms with Crippen LogP contribution in [0.2, 0.25) is 0 Å². The number of hydrogen-bond acceptors (Lipinski definition) is 3. The number of carbonyl (C=O) groups is 2. The lowest BCUT2D eigenvalue weighted by Crippen LogP contribution is -2.35. The predicted octanol–water partition coefficient (Wildman–Crippen LogP) is 4.15. The van der Waals surface area contributed by atoms with Gasteiger partial charge in [-0.05, 0) is 62.6 Å². The Morgan fingerprint density at radius 2 is 1.73 bits per heavy atom. The topological polar surface area (TPSA) is 75.6 Å². The number of hydrogen-bond donors (Lipinski definition) is 2. The van der Waals surface area contributed by atoms with E-state index in [2.05, 4.69) is 5.32 Å². The van der Waals surface area contributed by atoms with Crippen molar-refractivity contribution in [3.05, 3.63) is 59.7 Å². The molecule has 2 aromatic carbocycles. The molecule has 0 aliphatic rings. The zero-order valence-corrected chi connectivity index (χ0v) is 15.4. The molecular formula is C21H25NO4. The van der Waals surface area contributed by atoms with E-state index in [4.69, 9.17) is 9.84 Å². The van der Waals surface area contributed by atoms with Crippen LogP contribution in [-0.4, -0.2) is 23.6 Å². The molecule has 0 radical (unpaired) electrons. The standard InChI is InChI=1S/C21H25NO4/c1-15-7-4-5-8-18(15)21(2,3)20(25)22-16-10-12-17(13-11-16)26-14-6-9-19(23)24/h4-5,7-8,10-13H,6,9,14H2,1-3H3,(H,22,25)(H,23,24). The number of carboxylic acids is 1. The lowest BCUT2D eigenvalue weighted by molar-refractivity contribution is -0.137. The summed E-state index contributed by atoms with van der Waals surface area (Å²) < 4.78 is 5.49. The van der Waals surface area contributed by atoms with Gasteiger partial charge in [0.2, 0.25) is 5.91 Å². The number of aliphatic carboxylic acids is 1. The van der Waals surface area contributed by atoms with Gasteiger partial charge >= 0.3 is 5.97 Å². The van der Waals surface area contributed by atoms with Crippen LogP contribution in [0.15, 0.2) is 48.5 Å². The van der Waals surface area contributed by atoms with Gasteiger partial charge in [-0.15, -0.1) is 0 Å². The third-order valence-corrected chi connectivity index (χ3v) is 4.30. The van der Waals surface area contributed by atoms with Gasteiger partial charge in [0.25, 0.3) is 0 Å². The second kappa shape index (κ2) is 8.52. The van der Waals surface area contributed by atoms with Crippen LogP contribution in [0.5, 0.6) is 5.75 Å². The molecule has 2 aromatic rings. The first-order valence-electron chi connectivity index (χ1n) is 8.63. The Kier molecular flexibility index (Phi) is 6.39. The molecule has 0 bridgehead atoms. The van der Waals surface area contributed by atoms with E-state index in [1.165, 1.54) is 0 Å². The molecular weight excluding hydrogens is 330 g/mol. The van der Waals surface area contributed by atoms with Crippen LogP contribution in [0.4, 0.5) is 5.69 Å². The normalized spacial score (nSPS) is 11.0. The van der Waals surface area contributed by atoms with Gasteiger partial charge in [-0.25, -0.2) is 0 Å². The highest BCUT2D eigenvalue weighted by atomic mass is 16.5. The van der Waals surface area contributed by atoms with Crippen molar-refractivity contribution in [3.63, 3.8) is 0 Å². The molecule has 0 spiro atoms. The average molecular weight is 355 g/mol. The summed E-state index contributed by atoms with van der Waals surface area (Å²) in [5.41, 5.74) is 2.11. The van der Waals surface area contributed by atoms with E-state index in [1.807, 2.05) is 45.0 Å². The zero-order valence-electron chi connectivity index (χ0n) is 15.4. The molecule has 26 heavy (non-hydrogen) atoms. The summed E-state index contributed by atoms with van der Waals surface area (Å²) in [7, 11) is 0. The molecule has 0 atom stereocenters. The first-order valence-corrected chi connectivity index (χ1v) is 8.63. The number of ether oxygens (including phenoxy) is 1. The van der Waals surface area contributed by atoms with Gasteiger partial charge in [-0.2, -0.15) is 0 Å². The fraction of sp³-hybridized carbons (Fsp3) is 0.333. The van der Waals surface area contributed by atoms with Crippen molar-refractivity contribution < 1.29 is 19.4 Å².